The Hall–Kier alpha value is -0.850. The predicted octanol–water partition coefficient (Wildman–Crippen LogP) is 1.83. The van der Waals surface area contributed by atoms with Crippen LogP contribution in [0.3, 0.4) is 0 Å². The van der Waals surface area contributed by atoms with Gasteiger partial charge in [-0.15, -0.1) is 0 Å². The van der Waals surface area contributed by atoms with Gasteiger partial charge in [0.25, 0.3) is 0 Å². The van der Waals surface area contributed by atoms with E-state index in [1.165, 1.54) is 0 Å². The second-order valence-corrected chi connectivity index (χ2v) is 4.04. The van der Waals surface area contributed by atoms with E-state index in [-0.39, 0.29) is 0 Å². The lowest BCUT2D eigenvalue weighted by Gasteiger charge is -1.94. The number of hydrogen-bond donors (Lipinski definition) is 0. The van der Waals surface area contributed by atoms with Gasteiger partial charge in [0.05, 0.1) is 15.5 Å². The van der Waals surface area contributed by atoms with Crippen molar-refractivity contribution in [1.82, 2.24) is 14.9 Å². The monoisotopic (exact) mass is 289 g/mol. The number of nitrogens with zero attached hydrogens (tertiary/aromatic N) is 3. The number of hydrogen-bond acceptors (Lipinski definition) is 3. The highest BCUT2D eigenvalue weighted by Gasteiger charge is 2.02. The summed E-state index contributed by atoms with van der Waals surface area (Å²) < 4.78 is 8.00. The Morgan fingerprint density at radius 1 is 1.62 bits per heavy atom. The van der Waals surface area contributed by atoms with Gasteiger partial charge in [0, 0.05) is 12.3 Å². The fraction of sp³-hybridized carbons (Fsp3) is 0.250. The van der Waals surface area contributed by atoms with Crippen LogP contribution in [0.5, 0.6) is 0 Å². The van der Waals surface area contributed by atoms with Gasteiger partial charge >= 0.3 is 0 Å². The molecule has 68 valence electrons. The minimum atomic E-state index is 0.643. The zero-order chi connectivity index (χ0) is 9.26. The number of aryl methyl sites for hydroxylation is 1. The molecule has 0 saturated carbocycles. The molecular weight excluding hydrogens is 281 g/mol. The van der Waals surface area contributed by atoms with Gasteiger partial charge in [-0.1, -0.05) is 5.16 Å². The third-order valence-electron chi connectivity index (χ3n) is 1.60. The van der Waals surface area contributed by atoms with E-state index in [0.29, 0.717) is 6.54 Å². The summed E-state index contributed by atoms with van der Waals surface area (Å²) in [5.41, 5.74) is 0.900. The molecule has 0 amide bonds. The van der Waals surface area contributed by atoms with Gasteiger partial charge < -0.3 is 4.52 Å². The van der Waals surface area contributed by atoms with E-state index in [0.717, 1.165) is 15.0 Å². The molecule has 0 aliphatic carbocycles. The van der Waals surface area contributed by atoms with Crippen molar-refractivity contribution in [3.8, 4) is 0 Å². The van der Waals surface area contributed by atoms with E-state index in [9.17, 15) is 0 Å². The van der Waals surface area contributed by atoms with Crippen molar-refractivity contribution >= 4 is 22.6 Å². The van der Waals surface area contributed by atoms with Crippen molar-refractivity contribution < 1.29 is 4.52 Å². The standard InChI is InChI=1S/C8H8IN3O/c1-6-2-8(13-11-6)5-12-4-7(9)3-10-12/h2-4H,5H2,1H3. The number of rotatable bonds is 2. The fourth-order valence-corrected chi connectivity index (χ4v) is 1.52. The Labute approximate surface area is 89.1 Å². The van der Waals surface area contributed by atoms with Crippen molar-refractivity contribution in [2.45, 2.75) is 13.5 Å². The molecule has 0 spiro atoms. The van der Waals surface area contributed by atoms with Crippen LogP contribution in [0.25, 0.3) is 0 Å². The van der Waals surface area contributed by atoms with E-state index in [4.69, 9.17) is 4.52 Å². The highest BCUT2D eigenvalue weighted by molar-refractivity contribution is 14.1. The number of aromatic nitrogens is 3. The summed E-state index contributed by atoms with van der Waals surface area (Å²) in [5.74, 6) is 0.831. The molecule has 5 heteroatoms. The molecule has 4 nitrogen and oxygen atoms in total. The van der Waals surface area contributed by atoms with Gasteiger partial charge in [-0.05, 0) is 29.5 Å². The summed E-state index contributed by atoms with van der Waals surface area (Å²) in [7, 11) is 0. The Kier molecular flexibility index (Phi) is 2.34. The molecule has 0 fully saturated rings. The summed E-state index contributed by atoms with van der Waals surface area (Å²) in [6.07, 6.45) is 3.77. The van der Waals surface area contributed by atoms with Crippen molar-refractivity contribution in [2.24, 2.45) is 0 Å². The second kappa shape index (κ2) is 3.49. The third kappa shape index (κ3) is 2.09. The lowest BCUT2D eigenvalue weighted by molar-refractivity contribution is 0.368. The fourth-order valence-electron chi connectivity index (χ4n) is 1.08. The van der Waals surface area contributed by atoms with E-state index in [1.54, 1.807) is 0 Å². The molecule has 0 bridgehead atoms. The SMILES string of the molecule is Cc1cc(Cn2cc(I)cn2)on1. The van der Waals surface area contributed by atoms with Gasteiger partial charge in [0.2, 0.25) is 0 Å². The van der Waals surface area contributed by atoms with Crippen molar-refractivity contribution in [3.63, 3.8) is 0 Å². The Morgan fingerprint density at radius 3 is 3.00 bits per heavy atom. The molecule has 0 radical (unpaired) electrons. The van der Waals surface area contributed by atoms with E-state index in [1.807, 2.05) is 30.1 Å². The predicted molar refractivity (Wildman–Crippen MR) is 55.3 cm³/mol. The molecule has 2 aromatic rings. The van der Waals surface area contributed by atoms with Gasteiger partial charge in [0.15, 0.2) is 5.76 Å². The summed E-state index contributed by atoms with van der Waals surface area (Å²) in [6.45, 7) is 2.55. The quantitative estimate of drug-likeness (QED) is 0.792. The van der Waals surface area contributed by atoms with Crippen LogP contribution in [0.4, 0.5) is 0 Å². The lowest BCUT2D eigenvalue weighted by Crippen LogP contribution is -1.98. The molecule has 0 atom stereocenters. The van der Waals surface area contributed by atoms with Gasteiger partial charge in [-0.25, -0.2) is 0 Å². The minimum Gasteiger partial charge on any atom is -0.359 e. The van der Waals surface area contributed by atoms with Crippen molar-refractivity contribution in [2.75, 3.05) is 0 Å². The zero-order valence-corrected chi connectivity index (χ0v) is 9.22. The topological polar surface area (TPSA) is 43.9 Å². The van der Waals surface area contributed by atoms with Gasteiger partial charge in [0.1, 0.15) is 6.54 Å². The van der Waals surface area contributed by atoms with Crippen LogP contribution in [0.1, 0.15) is 11.5 Å². The van der Waals surface area contributed by atoms with Crippen LogP contribution in [-0.4, -0.2) is 14.9 Å². The smallest absolute Gasteiger partial charge is 0.158 e. The molecule has 13 heavy (non-hydrogen) atoms. The van der Waals surface area contributed by atoms with Crippen LogP contribution >= 0.6 is 22.6 Å². The maximum absolute atomic E-state index is 5.06. The maximum Gasteiger partial charge on any atom is 0.158 e. The summed E-state index contributed by atoms with van der Waals surface area (Å²) in [5, 5.41) is 7.94. The normalized spacial score (nSPS) is 10.6. The highest BCUT2D eigenvalue weighted by atomic mass is 127. The summed E-state index contributed by atoms with van der Waals surface area (Å²) in [6, 6.07) is 1.91. The summed E-state index contributed by atoms with van der Waals surface area (Å²) >= 11 is 2.22. The average Bonchev–Trinajstić information content (AvgIpc) is 2.62. The first-order valence-electron chi connectivity index (χ1n) is 3.84. The maximum atomic E-state index is 5.06. The van der Waals surface area contributed by atoms with Crippen molar-refractivity contribution in [3.05, 3.63) is 33.5 Å². The lowest BCUT2D eigenvalue weighted by atomic mass is 10.4. The second-order valence-electron chi connectivity index (χ2n) is 2.79. The Bertz CT molecular complexity index is 369. The molecule has 0 N–H and O–H groups in total. The van der Waals surface area contributed by atoms with Gasteiger partial charge in [-0.3, -0.25) is 4.68 Å². The Morgan fingerprint density at radius 2 is 2.46 bits per heavy atom. The zero-order valence-electron chi connectivity index (χ0n) is 7.07. The first kappa shape index (κ1) is 8.74. The molecule has 2 rings (SSSR count). The van der Waals surface area contributed by atoms with Crippen molar-refractivity contribution in [1.29, 1.82) is 0 Å². The molecule has 0 unspecified atom stereocenters. The van der Waals surface area contributed by atoms with E-state index >= 15 is 0 Å². The third-order valence-corrected chi connectivity index (χ3v) is 2.15. The first-order valence-corrected chi connectivity index (χ1v) is 4.92. The minimum absolute atomic E-state index is 0.643. The molecule has 2 aromatic heterocycles. The van der Waals surface area contributed by atoms with Gasteiger partial charge in [-0.2, -0.15) is 5.10 Å². The number of halogens is 1. The van der Waals surface area contributed by atoms with Crippen LogP contribution < -0.4 is 0 Å². The Balaban J connectivity index is 2.14. The van der Waals surface area contributed by atoms with Crippen LogP contribution in [0, 0.1) is 10.5 Å². The van der Waals surface area contributed by atoms with E-state index < -0.39 is 0 Å². The van der Waals surface area contributed by atoms with Crippen LogP contribution in [0.15, 0.2) is 23.0 Å². The molecule has 0 saturated heterocycles. The molecule has 2 heterocycles. The first-order chi connectivity index (χ1) is 6.24. The highest BCUT2D eigenvalue weighted by Crippen LogP contribution is 2.06. The summed E-state index contributed by atoms with van der Waals surface area (Å²) in [4.78, 5) is 0. The van der Waals surface area contributed by atoms with Crippen LogP contribution in [-0.2, 0) is 6.54 Å². The van der Waals surface area contributed by atoms with Crippen LogP contribution in [0.2, 0.25) is 0 Å². The molecule has 0 aliphatic rings. The molecule has 0 aromatic carbocycles. The molecular formula is C8H8IN3O. The van der Waals surface area contributed by atoms with E-state index in [2.05, 4.69) is 32.8 Å². The molecule has 0 aliphatic heterocycles. The largest absolute Gasteiger partial charge is 0.359 e. The average molecular weight is 289 g/mol.